The standard InChI is InChI=1S/C10H9F4N/c11-9-5(6-4-8(6)15)2-1-3-7(9)10(12,13)14/h1-3,6,8H,4,15H2. The van der Waals surface area contributed by atoms with E-state index in [1.165, 1.54) is 12.1 Å². The first kappa shape index (κ1) is 10.4. The third-order valence-corrected chi connectivity index (χ3v) is 2.57. The van der Waals surface area contributed by atoms with Gasteiger partial charge < -0.3 is 5.73 Å². The molecule has 2 N–H and O–H groups in total. The molecule has 1 aliphatic carbocycles. The summed E-state index contributed by atoms with van der Waals surface area (Å²) in [7, 11) is 0. The highest BCUT2D eigenvalue weighted by Crippen LogP contribution is 2.42. The predicted molar refractivity (Wildman–Crippen MR) is 46.7 cm³/mol. The summed E-state index contributed by atoms with van der Waals surface area (Å²) in [5, 5.41) is 0. The van der Waals surface area contributed by atoms with Crippen LogP contribution in [0.15, 0.2) is 18.2 Å². The monoisotopic (exact) mass is 219 g/mol. The summed E-state index contributed by atoms with van der Waals surface area (Å²) in [5.41, 5.74) is 4.35. The van der Waals surface area contributed by atoms with Crippen molar-refractivity contribution in [3.63, 3.8) is 0 Å². The van der Waals surface area contributed by atoms with Crippen molar-refractivity contribution in [2.24, 2.45) is 5.73 Å². The molecule has 1 aliphatic rings. The molecule has 0 heterocycles. The lowest BCUT2D eigenvalue weighted by Gasteiger charge is -2.10. The van der Waals surface area contributed by atoms with E-state index in [4.69, 9.17) is 5.73 Å². The third-order valence-electron chi connectivity index (χ3n) is 2.57. The predicted octanol–water partition coefficient (Wildman–Crippen LogP) is 2.66. The van der Waals surface area contributed by atoms with Gasteiger partial charge in [-0.25, -0.2) is 4.39 Å². The Hall–Kier alpha value is -1.10. The summed E-state index contributed by atoms with van der Waals surface area (Å²) in [5.74, 6) is -1.43. The van der Waals surface area contributed by atoms with Gasteiger partial charge in [-0.05, 0) is 18.1 Å². The molecule has 1 fully saturated rings. The molecule has 2 atom stereocenters. The summed E-state index contributed by atoms with van der Waals surface area (Å²) in [6.07, 6.45) is -4.09. The molecule has 2 rings (SSSR count). The maximum Gasteiger partial charge on any atom is 0.419 e. The number of nitrogens with two attached hydrogens (primary N) is 1. The van der Waals surface area contributed by atoms with E-state index in [0.29, 0.717) is 6.42 Å². The summed E-state index contributed by atoms with van der Waals surface area (Å²) < 4.78 is 50.5. The van der Waals surface area contributed by atoms with Crippen molar-refractivity contribution in [1.82, 2.24) is 0 Å². The van der Waals surface area contributed by atoms with Crippen LogP contribution in [0.25, 0.3) is 0 Å². The fraction of sp³-hybridized carbons (Fsp3) is 0.400. The minimum absolute atomic E-state index is 0.0809. The summed E-state index contributed by atoms with van der Waals surface area (Å²) >= 11 is 0. The van der Waals surface area contributed by atoms with Crippen LogP contribution in [-0.4, -0.2) is 6.04 Å². The van der Waals surface area contributed by atoms with Gasteiger partial charge in [0, 0.05) is 12.0 Å². The van der Waals surface area contributed by atoms with E-state index in [0.717, 1.165) is 6.07 Å². The van der Waals surface area contributed by atoms with Crippen LogP contribution in [0.2, 0.25) is 0 Å². The number of alkyl halides is 3. The maximum atomic E-state index is 13.5. The minimum Gasteiger partial charge on any atom is -0.327 e. The van der Waals surface area contributed by atoms with Crippen LogP contribution in [0.1, 0.15) is 23.5 Å². The molecule has 0 aliphatic heterocycles. The van der Waals surface area contributed by atoms with Crippen molar-refractivity contribution in [3.8, 4) is 0 Å². The zero-order chi connectivity index (χ0) is 11.2. The molecular weight excluding hydrogens is 210 g/mol. The van der Waals surface area contributed by atoms with Gasteiger partial charge in [0.15, 0.2) is 0 Å². The molecule has 0 aromatic heterocycles. The van der Waals surface area contributed by atoms with Gasteiger partial charge in [0.2, 0.25) is 0 Å². The zero-order valence-corrected chi connectivity index (χ0v) is 7.68. The molecule has 0 spiro atoms. The van der Waals surface area contributed by atoms with Crippen LogP contribution in [0.3, 0.4) is 0 Å². The van der Waals surface area contributed by atoms with Gasteiger partial charge in [-0.15, -0.1) is 0 Å². The minimum atomic E-state index is -4.64. The van der Waals surface area contributed by atoms with Crippen LogP contribution in [0.5, 0.6) is 0 Å². The van der Waals surface area contributed by atoms with Crippen LogP contribution in [-0.2, 0) is 6.18 Å². The van der Waals surface area contributed by atoms with Gasteiger partial charge in [-0.2, -0.15) is 13.2 Å². The second-order valence-corrected chi connectivity index (χ2v) is 3.71. The van der Waals surface area contributed by atoms with E-state index in [2.05, 4.69) is 0 Å². The first-order valence-corrected chi connectivity index (χ1v) is 4.52. The number of benzene rings is 1. The molecule has 0 saturated heterocycles. The Bertz CT molecular complexity index is 385. The van der Waals surface area contributed by atoms with Crippen molar-refractivity contribution < 1.29 is 17.6 Å². The smallest absolute Gasteiger partial charge is 0.327 e. The molecule has 15 heavy (non-hydrogen) atoms. The van der Waals surface area contributed by atoms with Gasteiger partial charge in [-0.1, -0.05) is 12.1 Å². The highest BCUT2D eigenvalue weighted by atomic mass is 19.4. The first-order valence-electron chi connectivity index (χ1n) is 4.52. The number of rotatable bonds is 1. The Kier molecular flexibility index (Phi) is 2.22. The lowest BCUT2D eigenvalue weighted by atomic mass is 10.1. The van der Waals surface area contributed by atoms with Crippen molar-refractivity contribution in [3.05, 3.63) is 35.1 Å². The Labute approximate surface area is 83.9 Å². The highest BCUT2D eigenvalue weighted by molar-refractivity contribution is 5.34. The lowest BCUT2D eigenvalue weighted by molar-refractivity contribution is -0.140. The van der Waals surface area contributed by atoms with Gasteiger partial charge in [-0.3, -0.25) is 0 Å². The average molecular weight is 219 g/mol. The molecule has 2 unspecified atom stereocenters. The quantitative estimate of drug-likeness (QED) is 0.722. The van der Waals surface area contributed by atoms with Crippen LogP contribution in [0.4, 0.5) is 17.6 Å². The van der Waals surface area contributed by atoms with Crippen LogP contribution < -0.4 is 5.73 Å². The van der Waals surface area contributed by atoms with Crippen molar-refractivity contribution in [2.75, 3.05) is 0 Å². The fourth-order valence-corrected chi connectivity index (χ4v) is 1.63. The molecule has 1 aromatic carbocycles. The molecule has 1 nitrogen and oxygen atoms in total. The summed E-state index contributed by atoms with van der Waals surface area (Å²) in [4.78, 5) is 0. The normalized spacial score (nSPS) is 25.4. The molecule has 1 saturated carbocycles. The van der Waals surface area contributed by atoms with Gasteiger partial charge in [0.05, 0.1) is 5.56 Å². The summed E-state index contributed by atoms with van der Waals surface area (Å²) in [6.45, 7) is 0. The lowest BCUT2D eigenvalue weighted by Crippen LogP contribution is -2.10. The average Bonchev–Trinajstić information content (AvgIpc) is 2.81. The highest BCUT2D eigenvalue weighted by Gasteiger charge is 2.41. The molecule has 1 aromatic rings. The van der Waals surface area contributed by atoms with Crippen LogP contribution in [0, 0.1) is 5.82 Å². The third kappa shape index (κ3) is 1.84. The topological polar surface area (TPSA) is 26.0 Å². The van der Waals surface area contributed by atoms with Gasteiger partial charge in [0.25, 0.3) is 0 Å². The maximum absolute atomic E-state index is 13.5. The van der Waals surface area contributed by atoms with Crippen molar-refractivity contribution in [2.45, 2.75) is 24.6 Å². The summed E-state index contributed by atoms with van der Waals surface area (Å²) in [6, 6.07) is 3.11. The number of halogens is 4. The van der Waals surface area contributed by atoms with Crippen molar-refractivity contribution in [1.29, 1.82) is 0 Å². The first-order chi connectivity index (χ1) is 6.91. The van der Waals surface area contributed by atoms with Gasteiger partial charge >= 0.3 is 6.18 Å². The Morgan fingerprint density at radius 3 is 2.33 bits per heavy atom. The Morgan fingerprint density at radius 2 is 1.87 bits per heavy atom. The molecule has 0 bridgehead atoms. The van der Waals surface area contributed by atoms with E-state index in [9.17, 15) is 17.6 Å². The fourth-order valence-electron chi connectivity index (χ4n) is 1.63. The van der Waals surface area contributed by atoms with E-state index in [-0.39, 0.29) is 17.5 Å². The molecular formula is C10H9F4N. The van der Waals surface area contributed by atoms with Gasteiger partial charge in [0.1, 0.15) is 5.82 Å². The SMILES string of the molecule is NC1CC1c1cccc(C(F)(F)F)c1F. The van der Waals surface area contributed by atoms with E-state index < -0.39 is 17.6 Å². The number of hydrogen-bond donors (Lipinski definition) is 1. The second kappa shape index (κ2) is 3.20. The Morgan fingerprint density at radius 1 is 1.27 bits per heavy atom. The zero-order valence-electron chi connectivity index (χ0n) is 7.68. The molecule has 5 heteroatoms. The molecule has 0 amide bonds. The van der Waals surface area contributed by atoms with Crippen LogP contribution >= 0.6 is 0 Å². The second-order valence-electron chi connectivity index (χ2n) is 3.71. The van der Waals surface area contributed by atoms with E-state index in [1.54, 1.807) is 0 Å². The number of hydrogen-bond acceptors (Lipinski definition) is 1. The largest absolute Gasteiger partial charge is 0.419 e. The van der Waals surface area contributed by atoms with E-state index in [1.807, 2.05) is 0 Å². The molecule has 0 radical (unpaired) electrons. The van der Waals surface area contributed by atoms with E-state index >= 15 is 0 Å². The molecule has 82 valence electrons. The van der Waals surface area contributed by atoms with Crippen molar-refractivity contribution >= 4 is 0 Å². The Balaban J connectivity index is 2.42.